The first-order valence-electron chi connectivity index (χ1n) is 16.3. The second-order valence-electron chi connectivity index (χ2n) is 12.5. The molecule has 3 aromatic carbocycles. The van der Waals surface area contributed by atoms with Gasteiger partial charge < -0.3 is 34.5 Å². The Kier molecular flexibility index (Phi) is 8.79. The Balaban J connectivity index is 1.05. The summed E-state index contributed by atoms with van der Waals surface area (Å²) in [5.41, 5.74) is 4.42. The molecule has 4 heterocycles. The molecule has 2 saturated heterocycles. The molecule has 1 atom stereocenters. The van der Waals surface area contributed by atoms with Crippen molar-refractivity contribution >= 4 is 40.0 Å². The summed E-state index contributed by atoms with van der Waals surface area (Å²) in [7, 11) is 4.08. The molecule has 246 valence electrons. The van der Waals surface area contributed by atoms with Crippen LogP contribution in [0.2, 0.25) is 0 Å². The Hall–Kier alpha value is -5.26. The predicted molar refractivity (Wildman–Crippen MR) is 188 cm³/mol. The lowest BCUT2D eigenvalue weighted by atomic mass is 10.1. The second-order valence-corrected chi connectivity index (χ2v) is 12.5. The number of likely N-dealkylation sites (N-methyl/N-ethyl adjacent to an activating group) is 1. The Morgan fingerprint density at radius 3 is 2.17 bits per heavy atom. The van der Waals surface area contributed by atoms with Gasteiger partial charge in [0, 0.05) is 65.7 Å². The number of nitrogens with one attached hydrogen (secondary N) is 2. The number of furan rings is 1. The van der Waals surface area contributed by atoms with E-state index in [4.69, 9.17) is 19.1 Å². The van der Waals surface area contributed by atoms with Crippen molar-refractivity contribution in [2.45, 2.75) is 19.4 Å². The lowest BCUT2D eigenvalue weighted by Gasteiger charge is -2.29. The number of benzene rings is 3. The van der Waals surface area contributed by atoms with Crippen molar-refractivity contribution in [3.63, 3.8) is 0 Å². The van der Waals surface area contributed by atoms with E-state index in [1.54, 1.807) is 24.3 Å². The molecule has 2 N–H and O–H groups in total. The monoisotopic (exact) mass is 645 g/mol. The molecule has 5 aromatic rings. The number of carbonyl (C=O) groups is 2. The summed E-state index contributed by atoms with van der Waals surface area (Å²) in [5.74, 6) is 3.12. The molecular formula is C37H39N7O4. The van der Waals surface area contributed by atoms with Gasteiger partial charge in [-0.25, -0.2) is 14.8 Å². The highest BCUT2D eigenvalue weighted by Gasteiger charge is 2.28. The molecule has 2 aliphatic heterocycles. The number of aromatic nitrogens is 2. The first-order chi connectivity index (χ1) is 23.3. The minimum Gasteiger partial charge on any atom is -0.461 e. The van der Waals surface area contributed by atoms with Crippen LogP contribution in [-0.2, 0) is 4.74 Å². The first-order valence-corrected chi connectivity index (χ1v) is 16.3. The van der Waals surface area contributed by atoms with Crippen molar-refractivity contribution in [1.82, 2.24) is 19.8 Å². The number of hydrogen-bond donors (Lipinski definition) is 2. The summed E-state index contributed by atoms with van der Waals surface area (Å²) >= 11 is 0. The molecule has 0 saturated carbocycles. The van der Waals surface area contributed by atoms with Crippen LogP contribution in [0.5, 0.6) is 0 Å². The average molecular weight is 646 g/mol. The van der Waals surface area contributed by atoms with Crippen molar-refractivity contribution in [2.24, 2.45) is 0 Å². The van der Waals surface area contributed by atoms with Gasteiger partial charge in [0.05, 0.1) is 18.7 Å². The van der Waals surface area contributed by atoms with E-state index in [0.29, 0.717) is 42.0 Å². The number of rotatable bonds is 7. The molecular weight excluding hydrogens is 606 g/mol. The van der Waals surface area contributed by atoms with Gasteiger partial charge in [0.1, 0.15) is 17.3 Å². The highest BCUT2D eigenvalue weighted by Crippen LogP contribution is 2.32. The van der Waals surface area contributed by atoms with Crippen LogP contribution in [0.15, 0.2) is 83.3 Å². The number of likely N-dealkylation sites (tertiary alicyclic amines) is 1. The van der Waals surface area contributed by atoms with Crippen LogP contribution in [0.1, 0.15) is 22.5 Å². The van der Waals surface area contributed by atoms with Crippen molar-refractivity contribution < 1.29 is 18.7 Å². The maximum Gasteiger partial charge on any atom is 0.323 e. The SMILES string of the molecule is Cc1ccc(-c2ccc3c(N4CCOCC4)nc(-c4ccc(NC(=O)Nc5ccc(C(=O)N6CC[C@@H](N(C)C)C6)cc5)cc4)nc3c2)o1. The zero-order valence-corrected chi connectivity index (χ0v) is 27.4. The summed E-state index contributed by atoms with van der Waals surface area (Å²) in [6.07, 6.45) is 0.970. The third-order valence-corrected chi connectivity index (χ3v) is 8.98. The van der Waals surface area contributed by atoms with Crippen molar-refractivity contribution in [1.29, 1.82) is 0 Å². The number of hydrogen-bond acceptors (Lipinski definition) is 8. The first kappa shape index (κ1) is 31.3. The minimum atomic E-state index is -0.382. The van der Waals surface area contributed by atoms with Crippen molar-refractivity contribution in [3.8, 4) is 22.7 Å². The van der Waals surface area contributed by atoms with Crippen LogP contribution >= 0.6 is 0 Å². The van der Waals surface area contributed by atoms with Gasteiger partial charge in [-0.3, -0.25) is 4.79 Å². The maximum atomic E-state index is 12.9. The molecule has 2 fully saturated rings. The maximum absolute atomic E-state index is 12.9. The molecule has 2 aromatic heterocycles. The van der Waals surface area contributed by atoms with E-state index in [-0.39, 0.29) is 11.9 Å². The topological polar surface area (TPSA) is 116 Å². The summed E-state index contributed by atoms with van der Waals surface area (Å²) in [4.78, 5) is 42.0. The average Bonchev–Trinajstić information content (AvgIpc) is 3.78. The number of aryl methyl sites for hydroxylation is 1. The van der Waals surface area contributed by atoms with Crippen LogP contribution in [0.4, 0.5) is 22.0 Å². The fraction of sp³-hybridized carbons (Fsp3) is 0.297. The minimum absolute atomic E-state index is 0.0101. The smallest absolute Gasteiger partial charge is 0.323 e. The van der Waals surface area contributed by atoms with Crippen LogP contribution in [-0.4, -0.2) is 91.2 Å². The predicted octanol–water partition coefficient (Wildman–Crippen LogP) is 6.12. The van der Waals surface area contributed by atoms with E-state index in [9.17, 15) is 9.59 Å². The van der Waals surface area contributed by atoms with Gasteiger partial charge in [0.15, 0.2) is 5.82 Å². The molecule has 11 nitrogen and oxygen atoms in total. The van der Waals surface area contributed by atoms with Crippen LogP contribution in [0.25, 0.3) is 33.6 Å². The largest absolute Gasteiger partial charge is 0.461 e. The number of morpholine rings is 1. The number of amides is 3. The van der Waals surface area contributed by atoms with Gasteiger partial charge in [-0.05, 0) is 100 Å². The van der Waals surface area contributed by atoms with Gasteiger partial charge in [-0.15, -0.1) is 0 Å². The Morgan fingerprint density at radius 1 is 0.833 bits per heavy atom. The molecule has 0 aliphatic carbocycles. The molecule has 0 bridgehead atoms. The van der Waals surface area contributed by atoms with Crippen LogP contribution < -0.4 is 15.5 Å². The van der Waals surface area contributed by atoms with Gasteiger partial charge in [-0.2, -0.15) is 0 Å². The van der Waals surface area contributed by atoms with Crippen molar-refractivity contribution in [2.75, 3.05) is 69.0 Å². The molecule has 48 heavy (non-hydrogen) atoms. The van der Waals surface area contributed by atoms with Crippen LogP contribution in [0, 0.1) is 6.92 Å². The van der Waals surface area contributed by atoms with Gasteiger partial charge >= 0.3 is 6.03 Å². The fourth-order valence-electron chi connectivity index (χ4n) is 6.22. The third kappa shape index (κ3) is 6.73. The number of fused-ring (bicyclic) bond motifs is 1. The lowest BCUT2D eigenvalue weighted by molar-refractivity contribution is 0.0783. The zero-order chi connectivity index (χ0) is 33.2. The number of nitrogens with zero attached hydrogens (tertiary/aromatic N) is 5. The van der Waals surface area contributed by atoms with Crippen molar-refractivity contribution in [3.05, 3.63) is 90.2 Å². The normalized spacial score (nSPS) is 16.5. The summed E-state index contributed by atoms with van der Waals surface area (Å²) in [5, 5.41) is 6.70. The standard InChI is InChI=1S/C37H39N7O4/c1-24-4-15-33(48-24)27-9-14-31-32(22-27)40-34(41-35(31)43-18-20-47-21-19-43)25-5-10-28(11-6-25)38-37(46)39-29-12-7-26(8-13-29)36(45)44-17-16-30(23-44)42(2)3/h4-15,22,30H,16-21,23H2,1-3H3,(H2,38,39,46)/t30-/m1/s1. The zero-order valence-electron chi connectivity index (χ0n) is 27.4. The number of carbonyl (C=O) groups excluding carboxylic acids is 2. The number of urea groups is 1. The van der Waals surface area contributed by atoms with E-state index in [1.807, 2.05) is 74.4 Å². The molecule has 3 amide bonds. The molecule has 11 heteroatoms. The van der Waals surface area contributed by atoms with E-state index in [0.717, 1.165) is 72.0 Å². The molecule has 2 aliphatic rings. The van der Waals surface area contributed by atoms with Gasteiger partial charge in [-0.1, -0.05) is 6.07 Å². The number of anilines is 3. The Morgan fingerprint density at radius 2 is 1.52 bits per heavy atom. The lowest BCUT2D eigenvalue weighted by Crippen LogP contribution is -2.37. The van der Waals surface area contributed by atoms with Crippen LogP contribution in [0.3, 0.4) is 0 Å². The van der Waals surface area contributed by atoms with E-state index >= 15 is 0 Å². The second kappa shape index (κ2) is 13.5. The Bertz CT molecular complexity index is 1930. The third-order valence-electron chi connectivity index (χ3n) is 8.98. The summed E-state index contributed by atoms with van der Waals surface area (Å²) in [6.45, 7) is 6.18. The Labute approximate surface area is 279 Å². The quantitative estimate of drug-likeness (QED) is 0.218. The molecule has 7 rings (SSSR count). The van der Waals surface area contributed by atoms with E-state index in [1.165, 1.54) is 0 Å². The molecule has 0 unspecified atom stereocenters. The summed E-state index contributed by atoms with van der Waals surface area (Å²) < 4.78 is 11.5. The summed E-state index contributed by atoms with van der Waals surface area (Å²) in [6, 6.07) is 24.5. The molecule has 0 spiro atoms. The van der Waals surface area contributed by atoms with Gasteiger partial charge in [0.2, 0.25) is 0 Å². The number of ether oxygens (including phenoxy) is 1. The highest BCUT2D eigenvalue weighted by atomic mass is 16.5. The highest BCUT2D eigenvalue weighted by molar-refractivity contribution is 6.01. The molecule has 0 radical (unpaired) electrons. The van der Waals surface area contributed by atoms with E-state index in [2.05, 4.69) is 26.5 Å². The van der Waals surface area contributed by atoms with E-state index < -0.39 is 0 Å². The van der Waals surface area contributed by atoms with Gasteiger partial charge in [0.25, 0.3) is 5.91 Å². The fourth-order valence-corrected chi connectivity index (χ4v) is 6.22.